The third-order valence-corrected chi connectivity index (χ3v) is 4.31. The van der Waals surface area contributed by atoms with Crippen molar-refractivity contribution in [1.82, 2.24) is 5.32 Å². The van der Waals surface area contributed by atoms with Gasteiger partial charge in [-0.2, -0.15) is 0 Å². The molecule has 0 aliphatic heterocycles. The van der Waals surface area contributed by atoms with Crippen LogP contribution in [-0.2, 0) is 16.0 Å². The molecule has 2 N–H and O–H groups in total. The van der Waals surface area contributed by atoms with Crippen LogP contribution >= 0.6 is 0 Å². The highest BCUT2D eigenvalue weighted by atomic mass is 16.5. The van der Waals surface area contributed by atoms with Crippen LogP contribution < -0.4 is 10.1 Å². The average molecular weight is 319 g/mol. The maximum Gasteiger partial charge on any atom is 0.303 e. The van der Waals surface area contributed by atoms with Gasteiger partial charge in [0.2, 0.25) is 5.91 Å². The van der Waals surface area contributed by atoms with E-state index in [4.69, 9.17) is 9.84 Å². The molecule has 5 heteroatoms. The molecule has 0 fully saturated rings. The normalized spacial score (nSPS) is 16.0. The monoisotopic (exact) mass is 319 g/mol. The van der Waals surface area contributed by atoms with Crippen molar-refractivity contribution in [2.75, 3.05) is 7.11 Å². The van der Waals surface area contributed by atoms with E-state index >= 15 is 0 Å². The minimum atomic E-state index is -0.751. The second-order valence-electron chi connectivity index (χ2n) is 6.03. The number of aliphatic carboxylic acids is 1. The standard InChI is InChI=1S/C18H25NO4/c1-23-14-9-10-15-13(12-14)8-11-16(15)19-17(20)6-4-2-3-5-7-18(21)22/h9-10,12,16H,2-8,11H2,1H3,(H,19,20)(H,21,22). The summed E-state index contributed by atoms with van der Waals surface area (Å²) in [5.41, 5.74) is 2.45. The van der Waals surface area contributed by atoms with Crippen LogP contribution in [0.3, 0.4) is 0 Å². The minimum absolute atomic E-state index is 0.0805. The lowest BCUT2D eigenvalue weighted by atomic mass is 10.1. The summed E-state index contributed by atoms with van der Waals surface area (Å²) in [7, 11) is 1.66. The summed E-state index contributed by atoms with van der Waals surface area (Å²) in [5.74, 6) is 0.188. The maximum atomic E-state index is 12.0. The van der Waals surface area contributed by atoms with E-state index in [1.54, 1.807) is 7.11 Å². The van der Waals surface area contributed by atoms with E-state index in [2.05, 4.69) is 5.32 Å². The average Bonchev–Trinajstić information content (AvgIpc) is 2.92. The van der Waals surface area contributed by atoms with E-state index in [1.807, 2.05) is 18.2 Å². The zero-order valence-corrected chi connectivity index (χ0v) is 13.6. The van der Waals surface area contributed by atoms with Gasteiger partial charge in [0, 0.05) is 12.8 Å². The molecule has 0 bridgehead atoms. The van der Waals surface area contributed by atoms with E-state index in [1.165, 1.54) is 11.1 Å². The first-order valence-corrected chi connectivity index (χ1v) is 8.28. The molecule has 1 aromatic carbocycles. The molecule has 0 saturated heterocycles. The van der Waals surface area contributed by atoms with Gasteiger partial charge in [-0.05, 0) is 48.9 Å². The zero-order valence-electron chi connectivity index (χ0n) is 13.6. The minimum Gasteiger partial charge on any atom is -0.497 e. The zero-order chi connectivity index (χ0) is 16.7. The van der Waals surface area contributed by atoms with E-state index in [0.717, 1.165) is 37.9 Å². The lowest BCUT2D eigenvalue weighted by Gasteiger charge is -2.14. The summed E-state index contributed by atoms with van der Waals surface area (Å²) in [6, 6.07) is 6.13. The van der Waals surface area contributed by atoms with Crippen LogP contribution in [0.5, 0.6) is 5.75 Å². The first-order valence-electron chi connectivity index (χ1n) is 8.28. The van der Waals surface area contributed by atoms with Gasteiger partial charge >= 0.3 is 5.97 Å². The van der Waals surface area contributed by atoms with E-state index < -0.39 is 5.97 Å². The third-order valence-electron chi connectivity index (χ3n) is 4.31. The van der Waals surface area contributed by atoms with Crippen LogP contribution in [0.1, 0.15) is 62.1 Å². The van der Waals surface area contributed by atoms with Gasteiger partial charge in [-0.1, -0.05) is 18.9 Å². The Kier molecular flexibility index (Phi) is 6.44. The Bertz CT molecular complexity index is 556. The number of carbonyl (C=O) groups is 2. The summed E-state index contributed by atoms with van der Waals surface area (Å²) in [6.07, 6.45) is 5.90. The van der Waals surface area contributed by atoms with Crippen LogP contribution in [0, 0.1) is 0 Å². The SMILES string of the molecule is COc1ccc2c(c1)CCC2NC(=O)CCCCCCC(=O)O. The molecule has 0 radical (unpaired) electrons. The number of benzene rings is 1. The predicted molar refractivity (Wildman–Crippen MR) is 87.5 cm³/mol. The van der Waals surface area contributed by atoms with Gasteiger partial charge in [0.25, 0.3) is 0 Å². The molecular weight excluding hydrogens is 294 g/mol. The molecule has 23 heavy (non-hydrogen) atoms. The maximum absolute atomic E-state index is 12.0. The summed E-state index contributed by atoms with van der Waals surface area (Å²) in [4.78, 5) is 22.4. The molecule has 1 atom stereocenters. The number of rotatable bonds is 9. The molecule has 1 aromatic rings. The molecule has 1 aliphatic rings. The van der Waals surface area contributed by atoms with Gasteiger partial charge in [-0.15, -0.1) is 0 Å². The van der Waals surface area contributed by atoms with Crippen molar-refractivity contribution in [3.8, 4) is 5.75 Å². The summed E-state index contributed by atoms with van der Waals surface area (Å²) in [6.45, 7) is 0. The fraction of sp³-hybridized carbons (Fsp3) is 0.556. The number of fused-ring (bicyclic) bond motifs is 1. The van der Waals surface area contributed by atoms with E-state index in [0.29, 0.717) is 12.8 Å². The number of carboxylic acids is 1. The number of hydrogen-bond acceptors (Lipinski definition) is 3. The van der Waals surface area contributed by atoms with Gasteiger partial charge < -0.3 is 15.2 Å². The van der Waals surface area contributed by atoms with E-state index in [9.17, 15) is 9.59 Å². The predicted octanol–water partition coefficient (Wildman–Crippen LogP) is 3.22. The van der Waals surface area contributed by atoms with Crippen LogP contribution in [-0.4, -0.2) is 24.1 Å². The summed E-state index contributed by atoms with van der Waals surface area (Å²) in [5, 5.41) is 11.7. The molecule has 126 valence electrons. The van der Waals surface area contributed by atoms with Crippen molar-refractivity contribution in [3.05, 3.63) is 29.3 Å². The number of aryl methyl sites for hydroxylation is 1. The Morgan fingerprint density at radius 3 is 2.65 bits per heavy atom. The highest BCUT2D eigenvalue weighted by Gasteiger charge is 2.24. The van der Waals surface area contributed by atoms with Crippen molar-refractivity contribution in [2.24, 2.45) is 0 Å². The molecule has 0 aromatic heterocycles. The van der Waals surface area contributed by atoms with Gasteiger partial charge in [0.05, 0.1) is 13.2 Å². The lowest BCUT2D eigenvalue weighted by Crippen LogP contribution is -2.26. The van der Waals surface area contributed by atoms with E-state index in [-0.39, 0.29) is 18.4 Å². The van der Waals surface area contributed by atoms with Gasteiger partial charge in [-0.25, -0.2) is 0 Å². The third kappa shape index (κ3) is 5.27. The molecule has 0 saturated carbocycles. The van der Waals surface area contributed by atoms with Crippen molar-refractivity contribution in [2.45, 2.75) is 57.4 Å². The second-order valence-corrected chi connectivity index (χ2v) is 6.03. The number of carbonyl (C=O) groups excluding carboxylic acids is 1. The molecule has 0 heterocycles. The first kappa shape index (κ1) is 17.3. The number of unbranched alkanes of at least 4 members (excludes halogenated alkanes) is 3. The van der Waals surface area contributed by atoms with Crippen LogP contribution in [0.2, 0.25) is 0 Å². The Hall–Kier alpha value is -2.04. The fourth-order valence-corrected chi connectivity index (χ4v) is 3.05. The number of methoxy groups -OCH3 is 1. The Morgan fingerprint density at radius 2 is 1.96 bits per heavy atom. The van der Waals surface area contributed by atoms with Crippen molar-refractivity contribution >= 4 is 11.9 Å². The number of hydrogen-bond donors (Lipinski definition) is 2. The largest absolute Gasteiger partial charge is 0.497 e. The Labute approximate surface area is 137 Å². The molecule has 1 amide bonds. The van der Waals surface area contributed by atoms with Crippen molar-refractivity contribution in [1.29, 1.82) is 0 Å². The number of ether oxygens (including phenoxy) is 1. The van der Waals surface area contributed by atoms with Crippen LogP contribution in [0.15, 0.2) is 18.2 Å². The van der Waals surface area contributed by atoms with Crippen LogP contribution in [0.4, 0.5) is 0 Å². The van der Waals surface area contributed by atoms with Gasteiger partial charge in [0.1, 0.15) is 5.75 Å². The molecule has 5 nitrogen and oxygen atoms in total. The number of nitrogens with one attached hydrogen (secondary N) is 1. The topological polar surface area (TPSA) is 75.6 Å². The van der Waals surface area contributed by atoms with Crippen molar-refractivity contribution in [3.63, 3.8) is 0 Å². The molecule has 1 aliphatic carbocycles. The van der Waals surface area contributed by atoms with Crippen molar-refractivity contribution < 1.29 is 19.4 Å². The van der Waals surface area contributed by atoms with Crippen LogP contribution in [0.25, 0.3) is 0 Å². The molecule has 0 spiro atoms. The van der Waals surface area contributed by atoms with Gasteiger partial charge in [0.15, 0.2) is 0 Å². The quantitative estimate of drug-likeness (QED) is 0.685. The highest BCUT2D eigenvalue weighted by molar-refractivity contribution is 5.76. The molecule has 2 rings (SSSR count). The Balaban J connectivity index is 1.70. The number of amides is 1. The first-order chi connectivity index (χ1) is 11.1. The van der Waals surface area contributed by atoms with Gasteiger partial charge in [-0.3, -0.25) is 9.59 Å². The molecule has 1 unspecified atom stereocenters. The lowest BCUT2D eigenvalue weighted by molar-refractivity contribution is -0.137. The molecular formula is C18H25NO4. The Morgan fingerprint density at radius 1 is 1.22 bits per heavy atom. The smallest absolute Gasteiger partial charge is 0.303 e. The fourth-order valence-electron chi connectivity index (χ4n) is 3.05. The second kappa shape index (κ2) is 8.56. The summed E-state index contributed by atoms with van der Waals surface area (Å²) < 4.78 is 5.23. The highest BCUT2D eigenvalue weighted by Crippen LogP contribution is 2.33. The summed E-state index contributed by atoms with van der Waals surface area (Å²) >= 11 is 0. The number of carboxylic acid groups (broad SMARTS) is 1.